The van der Waals surface area contributed by atoms with Crippen LogP contribution in [0.25, 0.3) is 0 Å². The van der Waals surface area contributed by atoms with Gasteiger partial charge in [-0.15, -0.1) is 6.58 Å². The zero-order valence-corrected chi connectivity index (χ0v) is 21.7. The van der Waals surface area contributed by atoms with Gasteiger partial charge in [-0.2, -0.15) is 0 Å². The van der Waals surface area contributed by atoms with Crippen LogP contribution in [0.4, 0.5) is 0 Å². The van der Waals surface area contributed by atoms with Crippen LogP contribution in [0, 0.1) is 51.8 Å². The summed E-state index contributed by atoms with van der Waals surface area (Å²) >= 11 is 0. The smallest absolute Gasteiger partial charge is 0.302 e. The van der Waals surface area contributed by atoms with Gasteiger partial charge in [-0.1, -0.05) is 33.8 Å². The highest BCUT2D eigenvalue weighted by Gasteiger charge is 2.69. The number of hydrogen-bond donors (Lipinski definition) is 2. The summed E-state index contributed by atoms with van der Waals surface area (Å²) in [7, 11) is 0. The lowest BCUT2D eigenvalue weighted by Gasteiger charge is -2.69. The minimum absolute atomic E-state index is 0.0737. The second-order valence-corrected chi connectivity index (χ2v) is 12.6. The van der Waals surface area contributed by atoms with E-state index in [-0.39, 0.29) is 46.9 Å². The van der Waals surface area contributed by atoms with Crippen LogP contribution >= 0.6 is 0 Å². The summed E-state index contributed by atoms with van der Waals surface area (Å²) in [6.07, 6.45) is 11.1. The maximum absolute atomic E-state index is 12.1. The molecule has 0 radical (unpaired) electrons. The van der Waals surface area contributed by atoms with Gasteiger partial charge in [-0.3, -0.25) is 4.79 Å². The van der Waals surface area contributed by atoms with Gasteiger partial charge < -0.3 is 14.9 Å². The molecule has 4 nitrogen and oxygen atoms in total. The summed E-state index contributed by atoms with van der Waals surface area (Å²) in [5.74, 6) is 2.49. The van der Waals surface area contributed by atoms with Gasteiger partial charge in [0, 0.05) is 18.9 Å². The van der Waals surface area contributed by atoms with Crippen molar-refractivity contribution in [2.75, 3.05) is 6.61 Å². The predicted molar refractivity (Wildman–Crippen MR) is 131 cm³/mol. The molecule has 4 fully saturated rings. The van der Waals surface area contributed by atoms with Gasteiger partial charge in [-0.05, 0) is 104 Å². The lowest BCUT2D eigenvalue weighted by Crippen LogP contribution is -2.66. The second kappa shape index (κ2) is 8.97. The fourth-order valence-electron chi connectivity index (χ4n) is 10.3. The highest BCUT2D eigenvalue weighted by molar-refractivity contribution is 5.66. The first-order chi connectivity index (χ1) is 15.6. The summed E-state index contributed by atoms with van der Waals surface area (Å²) in [6.45, 7) is 15.7. The molecule has 0 bridgehead atoms. The number of rotatable bonds is 6. The van der Waals surface area contributed by atoms with Gasteiger partial charge in [-0.25, -0.2) is 0 Å². The van der Waals surface area contributed by atoms with Crippen LogP contribution in [0.1, 0.15) is 92.4 Å². The molecule has 4 saturated carbocycles. The standard InChI is InChI=1S/C29H48O4/c1-7-21-26(32)25-23-10-9-22(18(3)13-16-30)27(23,5)14-12-24(25)28(6)15-11-20(33-19(4)31)17-29(21,28)8-2/h8,18,20-26,30,32H,2,7,9-17H2,1,3-6H3/t18-,20-,21+,22-,23?,24?,25+,26-,27-,28-,29+/m1/s1. The van der Waals surface area contributed by atoms with Crippen molar-refractivity contribution in [3.8, 4) is 0 Å². The van der Waals surface area contributed by atoms with E-state index >= 15 is 0 Å². The Hall–Kier alpha value is -0.870. The third-order valence-electron chi connectivity index (χ3n) is 11.7. The molecule has 0 amide bonds. The Labute approximate surface area is 201 Å². The minimum atomic E-state index is -0.335. The Bertz CT molecular complexity index is 750. The summed E-state index contributed by atoms with van der Waals surface area (Å²) in [5.41, 5.74) is 0.136. The molecule has 0 aromatic heterocycles. The van der Waals surface area contributed by atoms with E-state index in [1.54, 1.807) is 0 Å². The quantitative estimate of drug-likeness (QED) is 0.391. The number of aliphatic hydroxyl groups is 2. The molecule has 4 aliphatic rings. The fourth-order valence-corrected chi connectivity index (χ4v) is 10.3. The summed E-state index contributed by atoms with van der Waals surface area (Å²) in [4.78, 5) is 11.8. The Kier molecular flexibility index (Phi) is 6.86. The lowest BCUT2D eigenvalue weighted by molar-refractivity contribution is -0.234. The fraction of sp³-hybridized carbons (Fsp3) is 0.897. The Balaban J connectivity index is 1.71. The summed E-state index contributed by atoms with van der Waals surface area (Å²) < 4.78 is 5.74. The van der Waals surface area contributed by atoms with Crippen molar-refractivity contribution >= 4 is 5.97 Å². The topological polar surface area (TPSA) is 66.8 Å². The third kappa shape index (κ3) is 3.56. The van der Waals surface area contributed by atoms with Crippen LogP contribution in [0.3, 0.4) is 0 Å². The number of aliphatic hydroxyl groups excluding tert-OH is 2. The first-order valence-corrected chi connectivity index (χ1v) is 13.7. The number of hydrogen-bond acceptors (Lipinski definition) is 4. The molecule has 2 N–H and O–H groups in total. The molecule has 188 valence electrons. The van der Waals surface area contributed by atoms with Gasteiger partial charge in [0.1, 0.15) is 6.10 Å². The van der Waals surface area contributed by atoms with Gasteiger partial charge in [0.05, 0.1) is 6.10 Å². The third-order valence-corrected chi connectivity index (χ3v) is 11.7. The molecule has 0 spiro atoms. The van der Waals surface area contributed by atoms with Crippen molar-refractivity contribution in [3.63, 3.8) is 0 Å². The molecule has 4 heteroatoms. The Morgan fingerprint density at radius 1 is 1.18 bits per heavy atom. The van der Waals surface area contributed by atoms with Crippen LogP contribution < -0.4 is 0 Å². The maximum atomic E-state index is 12.1. The highest BCUT2D eigenvalue weighted by Crippen LogP contribution is 2.73. The average Bonchev–Trinajstić information content (AvgIpc) is 3.12. The van der Waals surface area contributed by atoms with Crippen LogP contribution in [0.15, 0.2) is 12.7 Å². The SMILES string of the molecule is C=C[C@@]12C[C@H](OC(C)=O)CC[C@]1(C)C1CC[C@@]3(C)C(CC[C@@H]3[C@H](C)CCO)[C@@H]1[C@H](O)[C@@H]2CC. The molecule has 0 saturated heterocycles. The number of ether oxygens (including phenoxy) is 1. The monoisotopic (exact) mass is 460 g/mol. The van der Waals surface area contributed by atoms with Crippen LogP contribution in [-0.4, -0.2) is 35.0 Å². The van der Waals surface area contributed by atoms with E-state index in [1.807, 2.05) is 0 Å². The zero-order chi connectivity index (χ0) is 24.2. The summed E-state index contributed by atoms with van der Waals surface area (Å²) in [6, 6.07) is 0. The molecule has 4 rings (SSSR count). The van der Waals surface area contributed by atoms with Crippen molar-refractivity contribution in [1.29, 1.82) is 0 Å². The van der Waals surface area contributed by atoms with Crippen LogP contribution in [0.5, 0.6) is 0 Å². The van der Waals surface area contributed by atoms with Crippen molar-refractivity contribution in [1.82, 2.24) is 0 Å². The van der Waals surface area contributed by atoms with Gasteiger partial charge >= 0.3 is 5.97 Å². The van der Waals surface area contributed by atoms with Crippen molar-refractivity contribution in [3.05, 3.63) is 12.7 Å². The number of fused-ring (bicyclic) bond motifs is 5. The van der Waals surface area contributed by atoms with Crippen molar-refractivity contribution in [2.45, 2.75) is 105 Å². The van der Waals surface area contributed by atoms with Crippen molar-refractivity contribution < 1.29 is 19.7 Å². The first kappa shape index (κ1) is 25.2. The van der Waals surface area contributed by atoms with E-state index in [2.05, 4.69) is 40.3 Å². The predicted octanol–water partition coefficient (Wildman–Crippen LogP) is 5.76. The molecular formula is C29H48O4. The van der Waals surface area contributed by atoms with E-state index in [0.717, 1.165) is 38.5 Å². The molecule has 33 heavy (non-hydrogen) atoms. The molecule has 0 aliphatic heterocycles. The van der Waals surface area contributed by atoms with E-state index in [9.17, 15) is 15.0 Å². The molecule has 11 atom stereocenters. The normalized spacial score (nSPS) is 50.0. The van der Waals surface area contributed by atoms with E-state index < -0.39 is 0 Å². The minimum Gasteiger partial charge on any atom is -0.463 e. The average molecular weight is 461 g/mol. The number of carbonyl (C=O) groups is 1. The van der Waals surface area contributed by atoms with E-state index in [4.69, 9.17) is 4.74 Å². The van der Waals surface area contributed by atoms with E-state index in [1.165, 1.54) is 26.2 Å². The van der Waals surface area contributed by atoms with Gasteiger partial charge in [0.2, 0.25) is 0 Å². The van der Waals surface area contributed by atoms with Gasteiger partial charge in [0.25, 0.3) is 0 Å². The van der Waals surface area contributed by atoms with Crippen molar-refractivity contribution in [2.24, 2.45) is 51.8 Å². The number of carbonyl (C=O) groups excluding carboxylic acids is 1. The molecular weight excluding hydrogens is 412 g/mol. The summed E-state index contributed by atoms with van der Waals surface area (Å²) in [5, 5.41) is 21.7. The Morgan fingerprint density at radius 3 is 2.52 bits per heavy atom. The van der Waals surface area contributed by atoms with Crippen LogP contribution in [0.2, 0.25) is 0 Å². The number of allylic oxidation sites excluding steroid dienone is 1. The Morgan fingerprint density at radius 2 is 1.91 bits per heavy atom. The molecule has 2 unspecified atom stereocenters. The number of esters is 1. The zero-order valence-electron chi connectivity index (χ0n) is 21.7. The molecule has 0 aromatic rings. The highest BCUT2D eigenvalue weighted by atomic mass is 16.5. The lowest BCUT2D eigenvalue weighted by atomic mass is 9.36. The van der Waals surface area contributed by atoms with E-state index in [0.29, 0.717) is 29.6 Å². The molecule has 4 aliphatic carbocycles. The van der Waals surface area contributed by atoms with Crippen LogP contribution in [-0.2, 0) is 9.53 Å². The second-order valence-electron chi connectivity index (χ2n) is 12.6. The van der Waals surface area contributed by atoms with Gasteiger partial charge in [0.15, 0.2) is 0 Å². The maximum Gasteiger partial charge on any atom is 0.302 e. The molecule has 0 heterocycles. The molecule has 0 aromatic carbocycles. The first-order valence-electron chi connectivity index (χ1n) is 13.7. The largest absolute Gasteiger partial charge is 0.463 e.